The van der Waals surface area contributed by atoms with Crippen LogP contribution in [0.3, 0.4) is 0 Å². The molecule has 0 saturated heterocycles. The highest BCUT2D eigenvalue weighted by Crippen LogP contribution is 1.96. The predicted molar refractivity (Wildman–Crippen MR) is 56.5 cm³/mol. The maximum absolute atomic E-state index is 10.1. The largest absolute Gasteiger partial charge is 0.760 e. The molecule has 0 aromatic rings. The van der Waals surface area contributed by atoms with E-state index in [1.807, 2.05) is 0 Å². The molecule has 0 rings (SSSR count). The monoisotopic (exact) mass is 222 g/mol. The summed E-state index contributed by atoms with van der Waals surface area (Å²) in [5.41, 5.74) is 0. The smallest absolute Gasteiger partial charge is 0.0466 e. The second kappa shape index (κ2) is 11.1. The van der Waals surface area contributed by atoms with Crippen LogP contribution in [0.15, 0.2) is 0 Å². The van der Waals surface area contributed by atoms with Crippen LogP contribution in [0.5, 0.6) is 0 Å². The first-order chi connectivity index (χ1) is 6.77. The van der Waals surface area contributed by atoms with Gasteiger partial charge in [0.15, 0.2) is 0 Å². The molecule has 0 radical (unpaired) electrons. The Morgan fingerprint density at radius 3 is 2.57 bits per heavy atom. The van der Waals surface area contributed by atoms with Gasteiger partial charge >= 0.3 is 0 Å². The van der Waals surface area contributed by atoms with Gasteiger partial charge in [-0.2, -0.15) is 0 Å². The van der Waals surface area contributed by atoms with Crippen molar-refractivity contribution in [3.05, 3.63) is 0 Å². The fourth-order valence-electron chi connectivity index (χ4n) is 1.01. The number of hydrogen-bond donors (Lipinski definition) is 1. The van der Waals surface area contributed by atoms with E-state index in [-0.39, 0.29) is 0 Å². The lowest BCUT2D eigenvalue weighted by molar-refractivity contribution is 0.127. The standard InChI is InChI=1S/C9H21NO3S/c1-2-3-8-13-9-6-4-5-7-10-14(11)12/h10H,2-9H2,1H3,(H,11,12)/p-1. The van der Waals surface area contributed by atoms with Crippen molar-refractivity contribution in [2.75, 3.05) is 19.8 Å². The van der Waals surface area contributed by atoms with E-state index >= 15 is 0 Å². The van der Waals surface area contributed by atoms with Crippen molar-refractivity contribution in [2.24, 2.45) is 0 Å². The topological polar surface area (TPSA) is 61.4 Å². The number of hydrogen-bond acceptors (Lipinski definition) is 3. The summed E-state index contributed by atoms with van der Waals surface area (Å²) in [4.78, 5) is 0. The third-order valence-corrected chi connectivity index (χ3v) is 2.27. The average Bonchev–Trinajstić information content (AvgIpc) is 2.15. The van der Waals surface area contributed by atoms with Gasteiger partial charge in [-0.25, -0.2) is 4.72 Å². The molecule has 0 aromatic heterocycles. The second-order valence-corrected chi connectivity index (χ2v) is 3.91. The molecule has 0 aliphatic heterocycles. The lowest BCUT2D eigenvalue weighted by atomic mass is 10.2. The van der Waals surface area contributed by atoms with Crippen LogP contribution in [-0.4, -0.2) is 28.5 Å². The summed E-state index contributed by atoms with van der Waals surface area (Å²) in [6.07, 6.45) is 5.19. The maximum Gasteiger partial charge on any atom is 0.0466 e. The van der Waals surface area contributed by atoms with Gasteiger partial charge in [0.05, 0.1) is 0 Å². The second-order valence-electron chi connectivity index (χ2n) is 3.16. The third-order valence-electron chi connectivity index (χ3n) is 1.83. The quantitative estimate of drug-likeness (QED) is 0.448. The third kappa shape index (κ3) is 12.0. The Bertz CT molecular complexity index is 144. The van der Waals surface area contributed by atoms with E-state index < -0.39 is 11.3 Å². The Kier molecular flexibility index (Phi) is 11.1. The van der Waals surface area contributed by atoms with Crippen LogP contribution in [0.4, 0.5) is 0 Å². The molecule has 4 nitrogen and oxygen atoms in total. The number of unbranched alkanes of at least 4 members (excludes halogenated alkanes) is 3. The summed E-state index contributed by atoms with van der Waals surface area (Å²) in [6, 6.07) is 0. The summed E-state index contributed by atoms with van der Waals surface area (Å²) < 4.78 is 27.8. The minimum absolute atomic E-state index is 0.533. The Labute approximate surface area is 88.8 Å². The molecule has 14 heavy (non-hydrogen) atoms. The van der Waals surface area contributed by atoms with Crippen LogP contribution in [0.1, 0.15) is 39.0 Å². The van der Waals surface area contributed by atoms with Gasteiger partial charge in [0.25, 0.3) is 0 Å². The zero-order valence-corrected chi connectivity index (χ0v) is 9.61. The molecule has 0 aromatic carbocycles. The molecule has 86 valence electrons. The fraction of sp³-hybridized carbons (Fsp3) is 1.00. The molecule has 5 heteroatoms. The molecule has 0 saturated carbocycles. The molecule has 0 bridgehead atoms. The van der Waals surface area contributed by atoms with E-state index in [9.17, 15) is 8.76 Å². The summed E-state index contributed by atoms with van der Waals surface area (Å²) >= 11 is -2.11. The number of rotatable bonds is 10. The van der Waals surface area contributed by atoms with Crippen molar-refractivity contribution < 1.29 is 13.5 Å². The van der Waals surface area contributed by atoms with Crippen LogP contribution in [-0.2, 0) is 16.0 Å². The maximum atomic E-state index is 10.1. The molecule has 1 unspecified atom stereocenters. The first-order valence-electron chi connectivity index (χ1n) is 5.18. The van der Waals surface area contributed by atoms with E-state index in [4.69, 9.17) is 4.74 Å². The van der Waals surface area contributed by atoms with Crippen molar-refractivity contribution in [3.63, 3.8) is 0 Å². The minimum Gasteiger partial charge on any atom is -0.760 e. The lowest BCUT2D eigenvalue weighted by Gasteiger charge is -2.06. The van der Waals surface area contributed by atoms with Gasteiger partial charge in [-0.1, -0.05) is 13.3 Å². The zero-order valence-electron chi connectivity index (χ0n) is 8.79. The summed E-state index contributed by atoms with van der Waals surface area (Å²) in [5, 5.41) is 0. The van der Waals surface area contributed by atoms with Gasteiger partial charge in [0.1, 0.15) is 0 Å². The van der Waals surface area contributed by atoms with Crippen LogP contribution in [0, 0.1) is 0 Å². The Morgan fingerprint density at radius 1 is 1.21 bits per heavy atom. The average molecular weight is 222 g/mol. The Morgan fingerprint density at radius 2 is 1.93 bits per heavy atom. The molecule has 0 heterocycles. The van der Waals surface area contributed by atoms with E-state index in [1.165, 1.54) is 6.42 Å². The molecule has 0 spiro atoms. The highest BCUT2D eigenvalue weighted by Gasteiger charge is 1.90. The lowest BCUT2D eigenvalue weighted by Crippen LogP contribution is -2.17. The minimum atomic E-state index is -2.11. The summed E-state index contributed by atoms with van der Waals surface area (Å²) in [7, 11) is 0. The van der Waals surface area contributed by atoms with Crippen molar-refractivity contribution in [2.45, 2.75) is 39.0 Å². The van der Waals surface area contributed by atoms with Gasteiger partial charge in [0.2, 0.25) is 0 Å². The highest BCUT2D eigenvalue weighted by atomic mass is 32.2. The van der Waals surface area contributed by atoms with Gasteiger partial charge in [-0.15, -0.1) is 0 Å². The molecule has 0 aliphatic carbocycles. The predicted octanol–water partition coefficient (Wildman–Crippen LogP) is 1.36. The van der Waals surface area contributed by atoms with Crippen LogP contribution in [0.2, 0.25) is 0 Å². The number of ether oxygens (including phenoxy) is 1. The van der Waals surface area contributed by atoms with Crippen molar-refractivity contribution in [3.8, 4) is 0 Å². The van der Waals surface area contributed by atoms with Gasteiger partial charge < -0.3 is 9.29 Å². The van der Waals surface area contributed by atoms with E-state index in [1.54, 1.807) is 0 Å². The fourth-order valence-corrected chi connectivity index (χ4v) is 1.32. The summed E-state index contributed by atoms with van der Waals surface area (Å²) in [5.74, 6) is 0. The molecular formula is C9H20NO3S-. The van der Waals surface area contributed by atoms with Crippen LogP contribution in [0.25, 0.3) is 0 Å². The molecule has 1 atom stereocenters. The molecule has 1 N–H and O–H groups in total. The van der Waals surface area contributed by atoms with Gasteiger partial charge in [-0.05, 0) is 25.7 Å². The summed E-state index contributed by atoms with van der Waals surface area (Å²) in [6.45, 7) is 4.31. The molecule has 0 aliphatic rings. The molecule has 0 fully saturated rings. The van der Waals surface area contributed by atoms with Gasteiger partial charge in [0, 0.05) is 31.0 Å². The highest BCUT2D eigenvalue weighted by molar-refractivity contribution is 7.77. The van der Waals surface area contributed by atoms with E-state index in [0.717, 1.165) is 38.9 Å². The molecular weight excluding hydrogens is 202 g/mol. The van der Waals surface area contributed by atoms with Gasteiger partial charge in [-0.3, -0.25) is 4.21 Å². The van der Waals surface area contributed by atoms with Crippen LogP contribution >= 0.6 is 0 Å². The first-order valence-corrected chi connectivity index (χ1v) is 6.25. The van der Waals surface area contributed by atoms with Crippen molar-refractivity contribution >= 4 is 11.3 Å². The SMILES string of the molecule is CCCCOCCCCCNS(=O)[O-]. The zero-order chi connectivity index (χ0) is 10.6. The van der Waals surface area contributed by atoms with E-state index in [0.29, 0.717) is 6.54 Å². The molecule has 0 amide bonds. The van der Waals surface area contributed by atoms with Crippen molar-refractivity contribution in [1.29, 1.82) is 0 Å². The normalized spacial score (nSPS) is 13.0. The number of nitrogens with one attached hydrogen (secondary N) is 1. The first kappa shape index (κ1) is 14.0. The Hall–Kier alpha value is 0.0300. The Balaban J connectivity index is 2.88. The van der Waals surface area contributed by atoms with E-state index in [2.05, 4.69) is 11.6 Å². The van der Waals surface area contributed by atoms with Crippen molar-refractivity contribution in [1.82, 2.24) is 4.72 Å². The van der Waals surface area contributed by atoms with Crippen LogP contribution < -0.4 is 4.72 Å².